The highest BCUT2D eigenvalue weighted by Gasteiger charge is 2.46. The van der Waals surface area contributed by atoms with Crippen LogP contribution in [0.2, 0.25) is 0 Å². The number of para-hydroxylation sites is 1. The Morgan fingerprint density at radius 2 is 1.96 bits per heavy atom. The van der Waals surface area contributed by atoms with E-state index >= 15 is 0 Å². The summed E-state index contributed by atoms with van der Waals surface area (Å²) in [6, 6.07) is 5.40. The number of carboxylic acid groups (broad SMARTS) is 1. The molecule has 24 heavy (non-hydrogen) atoms. The fraction of sp³-hybridized carbons (Fsp3) is 0.556. The Balaban J connectivity index is 1.63. The van der Waals surface area contributed by atoms with Gasteiger partial charge in [-0.2, -0.15) is 0 Å². The number of benzene rings is 1. The third-order valence-corrected chi connectivity index (χ3v) is 5.50. The highest BCUT2D eigenvalue weighted by Crippen LogP contribution is 2.42. The summed E-state index contributed by atoms with van der Waals surface area (Å²) in [6.45, 7) is 1.41. The van der Waals surface area contributed by atoms with Crippen molar-refractivity contribution in [2.45, 2.75) is 31.7 Å². The van der Waals surface area contributed by atoms with Crippen molar-refractivity contribution in [1.29, 1.82) is 0 Å². The lowest BCUT2D eigenvalue weighted by atomic mass is 9.81. The van der Waals surface area contributed by atoms with Crippen molar-refractivity contribution in [3.8, 4) is 11.5 Å². The average molecular weight is 331 g/mol. The van der Waals surface area contributed by atoms with Gasteiger partial charge in [0.25, 0.3) is 5.91 Å². The van der Waals surface area contributed by atoms with E-state index in [1.54, 1.807) is 18.2 Å². The molecule has 128 valence electrons. The maximum Gasteiger partial charge on any atom is 0.306 e. The summed E-state index contributed by atoms with van der Waals surface area (Å²) in [5.41, 5.74) is 0.520. The lowest BCUT2D eigenvalue weighted by Gasteiger charge is -2.41. The van der Waals surface area contributed by atoms with Gasteiger partial charge < -0.3 is 19.5 Å². The number of hydrogen-bond acceptors (Lipinski definition) is 4. The number of piperidine rings is 1. The van der Waals surface area contributed by atoms with Crippen molar-refractivity contribution in [3.05, 3.63) is 23.8 Å². The first kappa shape index (κ1) is 15.3. The zero-order valence-electron chi connectivity index (χ0n) is 13.4. The summed E-state index contributed by atoms with van der Waals surface area (Å²) < 4.78 is 11.2. The summed E-state index contributed by atoms with van der Waals surface area (Å²) in [6.07, 6.45) is 3.27. The average Bonchev–Trinajstić information content (AvgIpc) is 3.09. The molecule has 2 aliphatic heterocycles. The van der Waals surface area contributed by atoms with E-state index in [1.807, 2.05) is 4.90 Å². The molecular weight excluding hydrogens is 310 g/mol. The lowest BCUT2D eigenvalue weighted by molar-refractivity contribution is -0.146. The summed E-state index contributed by atoms with van der Waals surface area (Å²) in [4.78, 5) is 26.5. The van der Waals surface area contributed by atoms with E-state index in [9.17, 15) is 14.7 Å². The molecule has 1 saturated carbocycles. The topological polar surface area (TPSA) is 76.1 Å². The first-order valence-electron chi connectivity index (χ1n) is 8.59. The molecule has 4 rings (SSSR count). The van der Waals surface area contributed by atoms with Crippen molar-refractivity contribution in [3.63, 3.8) is 0 Å². The van der Waals surface area contributed by atoms with E-state index in [4.69, 9.17) is 9.47 Å². The molecule has 3 aliphatic rings. The molecule has 3 atom stereocenters. The van der Waals surface area contributed by atoms with Gasteiger partial charge in [0.2, 0.25) is 0 Å². The van der Waals surface area contributed by atoms with Gasteiger partial charge in [-0.3, -0.25) is 9.59 Å². The van der Waals surface area contributed by atoms with E-state index in [-0.39, 0.29) is 23.8 Å². The highest BCUT2D eigenvalue weighted by molar-refractivity contribution is 5.98. The van der Waals surface area contributed by atoms with E-state index in [0.717, 1.165) is 19.3 Å². The maximum absolute atomic E-state index is 13.1. The third kappa shape index (κ3) is 2.41. The standard InChI is InChI=1S/C18H21NO5/c20-17(13-4-2-6-15-16(13)24-10-9-23-15)19-8-7-12(18(21)22)11-3-1-5-14(11)19/h2,4,6,11-12,14H,1,3,5,7-10H2,(H,21,22). The Morgan fingerprint density at radius 3 is 2.79 bits per heavy atom. The fourth-order valence-electron chi connectivity index (χ4n) is 4.44. The molecular formula is C18H21NO5. The van der Waals surface area contributed by atoms with Crippen LogP contribution in [0, 0.1) is 11.8 Å². The van der Waals surface area contributed by atoms with E-state index in [0.29, 0.717) is 43.2 Å². The number of carboxylic acids is 1. The smallest absolute Gasteiger partial charge is 0.306 e. The zero-order valence-corrected chi connectivity index (χ0v) is 13.4. The van der Waals surface area contributed by atoms with Gasteiger partial charge in [0.15, 0.2) is 11.5 Å². The quantitative estimate of drug-likeness (QED) is 0.899. The van der Waals surface area contributed by atoms with Crippen LogP contribution in [0.15, 0.2) is 18.2 Å². The van der Waals surface area contributed by atoms with Crippen molar-refractivity contribution in [1.82, 2.24) is 4.90 Å². The predicted octanol–water partition coefficient (Wildman–Crippen LogP) is 2.17. The first-order valence-corrected chi connectivity index (χ1v) is 8.59. The monoisotopic (exact) mass is 331 g/mol. The Bertz CT molecular complexity index is 673. The van der Waals surface area contributed by atoms with Crippen molar-refractivity contribution < 1.29 is 24.2 Å². The number of ether oxygens (including phenoxy) is 2. The highest BCUT2D eigenvalue weighted by atomic mass is 16.6. The SMILES string of the molecule is O=C(O)C1CCN(C(=O)c2cccc3c2OCCO3)C2CCCC12. The molecule has 1 N–H and O–H groups in total. The van der Waals surface area contributed by atoms with Crippen molar-refractivity contribution in [2.24, 2.45) is 11.8 Å². The molecule has 2 fully saturated rings. The van der Waals surface area contributed by atoms with Crippen LogP contribution in [0.4, 0.5) is 0 Å². The molecule has 2 heterocycles. The van der Waals surface area contributed by atoms with Crippen LogP contribution in [0.3, 0.4) is 0 Å². The number of likely N-dealkylation sites (tertiary alicyclic amines) is 1. The zero-order chi connectivity index (χ0) is 16.7. The van der Waals surface area contributed by atoms with Crippen molar-refractivity contribution >= 4 is 11.9 Å². The summed E-state index contributed by atoms with van der Waals surface area (Å²) in [5, 5.41) is 9.45. The predicted molar refractivity (Wildman–Crippen MR) is 85.3 cm³/mol. The minimum Gasteiger partial charge on any atom is -0.486 e. The fourth-order valence-corrected chi connectivity index (χ4v) is 4.44. The number of amides is 1. The number of carbonyl (C=O) groups excluding carboxylic acids is 1. The molecule has 0 aromatic heterocycles. The van der Waals surface area contributed by atoms with Crippen LogP contribution in [-0.4, -0.2) is 47.7 Å². The molecule has 6 heteroatoms. The number of carbonyl (C=O) groups is 2. The molecule has 0 bridgehead atoms. The Labute approximate surface area is 140 Å². The van der Waals surface area contributed by atoms with Gasteiger partial charge in [-0.15, -0.1) is 0 Å². The van der Waals surface area contributed by atoms with Crippen LogP contribution < -0.4 is 9.47 Å². The summed E-state index contributed by atoms with van der Waals surface area (Å²) in [5.74, 6) is 0.0628. The van der Waals surface area contributed by atoms with Crippen LogP contribution >= 0.6 is 0 Å². The Kier molecular flexibility index (Phi) is 3.82. The van der Waals surface area contributed by atoms with Gasteiger partial charge in [-0.25, -0.2) is 0 Å². The maximum atomic E-state index is 13.1. The number of nitrogens with zero attached hydrogens (tertiary/aromatic N) is 1. The molecule has 6 nitrogen and oxygen atoms in total. The van der Waals surface area contributed by atoms with E-state index < -0.39 is 5.97 Å². The van der Waals surface area contributed by atoms with E-state index in [2.05, 4.69) is 0 Å². The summed E-state index contributed by atoms with van der Waals surface area (Å²) >= 11 is 0. The second kappa shape index (κ2) is 6.00. The molecule has 0 spiro atoms. The van der Waals surface area contributed by atoms with Gasteiger partial charge in [0.05, 0.1) is 11.5 Å². The Hall–Kier alpha value is -2.24. The normalized spacial score (nSPS) is 28.3. The number of aliphatic carboxylic acids is 1. The minimum absolute atomic E-state index is 0.0210. The molecule has 0 radical (unpaired) electrons. The molecule has 1 aromatic rings. The Morgan fingerprint density at radius 1 is 1.12 bits per heavy atom. The van der Waals surface area contributed by atoms with E-state index in [1.165, 1.54) is 0 Å². The largest absolute Gasteiger partial charge is 0.486 e. The van der Waals surface area contributed by atoms with Crippen LogP contribution in [0.5, 0.6) is 11.5 Å². The molecule has 1 aliphatic carbocycles. The first-order chi connectivity index (χ1) is 11.7. The third-order valence-electron chi connectivity index (χ3n) is 5.50. The second-order valence-electron chi connectivity index (χ2n) is 6.72. The number of rotatable bonds is 2. The molecule has 3 unspecified atom stereocenters. The number of fused-ring (bicyclic) bond motifs is 2. The minimum atomic E-state index is -0.729. The van der Waals surface area contributed by atoms with Crippen molar-refractivity contribution in [2.75, 3.05) is 19.8 Å². The second-order valence-corrected chi connectivity index (χ2v) is 6.72. The van der Waals surface area contributed by atoms with Gasteiger partial charge in [-0.05, 0) is 37.3 Å². The summed E-state index contributed by atoms with van der Waals surface area (Å²) in [7, 11) is 0. The van der Waals surface area contributed by atoms with Gasteiger partial charge in [0, 0.05) is 12.6 Å². The molecule has 1 saturated heterocycles. The van der Waals surface area contributed by atoms with Gasteiger partial charge in [-0.1, -0.05) is 12.5 Å². The van der Waals surface area contributed by atoms with Crippen LogP contribution in [-0.2, 0) is 4.79 Å². The van der Waals surface area contributed by atoms with Gasteiger partial charge >= 0.3 is 5.97 Å². The molecule has 1 amide bonds. The lowest BCUT2D eigenvalue weighted by Crippen LogP contribution is -2.51. The number of hydrogen-bond donors (Lipinski definition) is 1. The van der Waals surface area contributed by atoms with Crippen LogP contribution in [0.1, 0.15) is 36.0 Å². The van der Waals surface area contributed by atoms with Gasteiger partial charge in [0.1, 0.15) is 13.2 Å². The van der Waals surface area contributed by atoms with Crippen LogP contribution in [0.25, 0.3) is 0 Å². The molecule has 1 aromatic carbocycles.